The van der Waals surface area contributed by atoms with Gasteiger partial charge in [-0.1, -0.05) is 13.0 Å². The molecule has 2 aliphatic heterocycles. The van der Waals surface area contributed by atoms with Gasteiger partial charge in [-0.25, -0.2) is 22.8 Å². The molecular formula is C19H28N4O4S2. The molecule has 1 saturated carbocycles. The number of thiophene rings is 1. The fraction of sp³-hybridized carbons (Fsp3) is 0.684. The van der Waals surface area contributed by atoms with E-state index in [0.717, 1.165) is 12.8 Å². The summed E-state index contributed by atoms with van der Waals surface area (Å²) in [5.41, 5.74) is -0.710. The number of amides is 3. The highest BCUT2D eigenvalue weighted by atomic mass is 32.2. The summed E-state index contributed by atoms with van der Waals surface area (Å²) in [6.45, 7) is 3.73. The topological polar surface area (TPSA) is 98.8 Å². The van der Waals surface area contributed by atoms with Crippen LogP contribution in [0.25, 0.3) is 0 Å². The summed E-state index contributed by atoms with van der Waals surface area (Å²) in [5, 5.41) is 4.70. The summed E-state index contributed by atoms with van der Waals surface area (Å²) in [6.07, 6.45) is 4.63. The molecule has 4 rings (SSSR count). The Labute approximate surface area is 175 Å². The molecule has 10 heteroatoms. The number of rotatable bonds is 5. The summed E-state index contributed by atoms with van der Waals surface area (Å²) in [4.78, 5) is 28.8. The number of nitrogens with one attached hydrogen (secondary N) is 2. The van der Waals surface area contributed by atoms with Crippen molar-refractivity contribution in [2.24, 2.45) is 5.92 Å². The number of hydrogen-bond acceptors (Lipinski definition) is 6. The molecule has 2 N–H and O–H groups in total. The molecule has 0 unspecified atom stereocenters. The van der Waals surface area contributed by atoms with Crippen molar-refractivity contribution in [1.29, 1.82) is 0 Å². The lowest BCUT2D eigenvalue weighted by molar-refractivity contribution is -0.134. The summed E-state index contributed by atoms with van der Waals surface area (Å²) in [7, 11) is -3.48. The molecule has 29 heavy (non-hydrogen) atoms. The SMILES string of the molecule is CC1CCC2(CC1)NC(=O)N(CN1CCC(NS(=O)(=O)c3cccs3)CC1)C2=O. The van der Waals surface area contributed by atoms with Crippen LogP contribution < -0.4 is 10.0 Å². The summed E-state index contributed by atoms with van der Waals surface area (Å²) < 4.78 is 27.9. The van der Waals surface area contributed by atoms with E-state index in [-0.39, 0.29) is 24.6 Å². The Hall–Kier alpha value is -1.49. The van der Waals surface area contributed by atoms with Gasteiger partial charge in [0.15, 0.2) is 0 Å². The molecule has 0 aromatic carbocycles. The molecule has 2 saturated heterocycles. The highest BCUT2D eigenvalue weighted by Gasteiger charge is 2.52. The van der Waals surface area contributed by atoms with Crippen LogP contribution in [0.15, 0.2) is 21.7 Å². The Bertz CT molecular complexity index is 855. The van der Waals surface area contributed by atoms with Crippen molar-refractivity contribution in [3.05, 3.63) is 17.5 Å². The minimum atomic E-state index is -3.48. The lowest BCUT2D eigenvalue weighted by Crippen LogP contribution is -2.51. The molecule has 0 radical (unpaired) electrons. The monoisotopic (exact) mass is 440 g/mol. The molecule has 1 spiro atoms. The summed E-state index contributed by atoms with van der Waals surface area (Å²) in [5.74, 6) is 0.492. The van der Waals surface area contributed by atoms with Gasteiger partial charge in [0.25, 0.3) is 5.91 Å². The molecule has 3 fully saturated rings. The van der Waals surface area contributed by atoms with Crippen LogP contribution in [0.1, 0.15) is 45.4 Å². The third-order valence-corrected chi connectivity index (χ3v) is 9.30. The van der Waals surface area contributed by atoms with Crippen molar-refractivity contribution in [3.63, 3.8) is 0 Å². The minimum absolute atomic E-state index is 0.102. The lowest BCUT2D eigenvalue weighted by atomic mass is 9.77. The van der Waals surface area contributed by atoms with Crippen molar-refractivity contribution < 1.29 is 18.0 Å². The normalized spacial score (nSPS) is 29.6. The van der Waals surface area contributed by atoms with Crippen LogP contribution in [0.5, 0.6) is 0 Å². The van der Waals surface area contributed by atoms with E-state index >= 15 is 0 Å². The van der Waals surface area contributed by atoms with Crippen LogP contribution in [0, 0.1) is 5.92 Å². The van der Waals surface area contributed by atoms with Gasteiger partial charge < -0.3 is 5.32 Å². The number of nitrogens with zero attached hydrogens (tertiary/aromatic N) is 2. The molecule has 8 nitrogen and oxygen atoms in total. The minimum Gasteiger partial charge on any atom is -0.323 e. The van der Waals surface area contributed by atoms with E-state index in [4.69, 9.17) is 0 Å². The van der Waals surface area contributed by atoms with Gasteiger partial charge in [-0.3, -0.25) is 9.69 Å². The fourth-order valence-corrected chi connectivity index (χ4v) is 6.80. The van der Waals surface area contributed by atoms with Gasteiger partial charge in [0.1, 0.15) is 9.75 Å². The molecule has 0 atom stereocenters. The van der Waals surface area contributed by atoms with Crippen molar-refractivity contribution in [2.75, 3.05) is 19.8 Å². The van der Waals surface area contributed by atoms with Gasteiger partial charge >= 0.3 is 6.03 Å². The maximum Gasteiger partial charge on any atom is 0.326 e. The van der Waals surface area contributed by atoms with Gasteiger partial charge in [0.05, 0.1) is 6.67 Å². The van der Waals surface area contributed by atoms with Crippen LogP contribution in [0.2, 0.25) is 0 Å². The third-order valence-electron chi connectivity index (χ3n) is 6.38. The molecule has 1 aromatic rings. The third kappa shape index (κ3) is 4.21. The van der Waals surface area contributed by atoms with Crippen LogP contribution in [-0.2, 0) is 14.8 Å². The molecule has 160 valence electrons. The molecular weight excluding hydrogens is 412 g/mol. The van der Waals surface area contributed by atoms with Crippen molar-refractivity contribution in [2.45, 2.75) is 61.2 Å². The Morgan fingerprint density at radius 1 is 1.21 bits per heavy atom. The van der Waals surface area contributed by atoms with Gasteiger partial charge in [-0.15, -0.1) is 11.3 Å². The number of imide groups is 1. The number of piperidine rings is 1. The second kappa shape index (κ2) is 7.98. The van der Waals surface area contributed by atoms with Gasteiger partial charge in [-0.05, 0) is 55.9 Å². The number of likely N-dealkylation sites (tertiary alicyclic amines) is 1. The number of carbonyl (C=O) groups excluding carboxylic acids is 2. The quantitative estimate of drug-likeness (QED) is 0.682. The number of hydrogen-bond donors (Lipinski definition) is 2. The predicted octanol–water partition coefficient (Wildman–Crippen LogP) is 1.95. The Morgan fingerprint density at radius 3 is 2.52 bits per heavy atom. The largest absolute Gasteiger partial charge is 0.326 e. The van der Waals surface area contributed by atoms with E-state index in [0.29, 0.717) is 48.9 Å². The maximum atomic E-state index is 13.0. The average Bonchev–Trinajstić information content (AvgIpc) is 3.30. The van der Waals surface area contributed by atoms with Gasteiger partial charge in [0.2, 0.25) is 10.0 Å². The van der Waals surface area contributed by atoms with Crippen LogP contribution in [0.3, 0.4) is 0 Å². The second-order valence-corrected chi connectivity index (χ2v) is 11.4. The summed E-state index contributed by atoms with van der Waals surface area (Å²) >= 11 is 1.20. The first-order chi connectivity index (χ1) is 13.8. The molecule has 3 aliphatic rings. The van der Waals surface area contributed by atoms with Crippen molar-refractivity contribution in [1.82, 2.24) is 19.8 Å². The van der Waals surface area contributed by atoms with Crippen LogP contribution in [-0.4, -0.2) is 61.5 Å². The van der Waals surface area contributed by atoms with Gasteiger partial charge in [-0.2, -0.15) is 0 Å². The van der Waals surface area contributed by atoms with E-state index < -0.39 is 15.6 Å². The molecule has 1 aliphatic carbocycles. The fourth-order valence-electron chi connectivity index (χ4n) is 4.48. The highest BCUT2D eigenvalue weighted by molar-refractivity contribution is 7.91. The molecule has 3 heterocycles. The van der Waals surface area contributed by atoms with E-state index in [1.165, 1.54) is 16.2 Å². The highest BCUT2D eigenvalue weighted by Crippen LogP contribution is 2.36. The second-order valence-electron chi connectivity index (χ2n) is 8.52. The number of urea groups is 1. The first-order valence-electron chi connectivity index (χ1n) is 10.2. The van der Waals surface area contributed by atoms with E-state index in [1.807, 2.05) is 0 Å². The number of carbonyl (C=O) groups is 2. The van der Waals surface area contributed by atoms with Crippen LogP contribution in [0.4, 0.5) is 4.79 Å². The van der Waals surface area contributed by atoms with E-state index in [2.05, 4.69) is 21.9 Å². The van der Waals surface area contributed by atoms with Crippen molar-refractivity contribution in [3.8, 4) is 0 Å². The molecule has 1 aromatic heterocycles. The molecule has 0 bridgehead atoms. The Kier molecular flexibility index (Phi) is 5.71. The van der Waals surface area contributed by atoms with Crippen LogP contribution >= 0.6 is 11.3 Å². The van der Waals surface area contributed by atoms with Gasteiger partial charge in [0, 0.05) is 19.1 Å². The standard InChI is InChI=1S/C19H28N4O4S2/c1-14-4-8-19(9-5-14)17(24)23(18(25)20-19)13-22-10-6-15(7-11-22)21-29(26,27)16-3-2-12-28-16/h2-3,12,14-15,21H,4-11,13H2,1H3,(H,20,25). The predicted molar refractivity (Wildman–Crippen MR) is 110 cm³/mol. The Balaban J connectivity index is 1.31. The first kappa shape index (κ1) is 20.8. The lowest BCUT2D eigenvalue weighted by Gasteiger charge is -2.35. The van der Waals surface area contributed by atoms with Crippen molar-refractivity contribution >= 4 is 33.3 Å². The van der Waals surface area contributed by atoms with E-state index in [9.17, 15) is 18.0 Å². The average molecular weight is 441 g/mol. The molecule has 3 amide bonds. The first-order valence-corrected chi connectivity index (χ1v) is 12.6. The number of sulfonamides is 1. The zero-order chi connectivity index (χ0) is 20.6. The smallest absolute Gasteiger partial charge is 0.323 e. The summed E-state index contributed by atoms with van der Waals surface area (Å²) in [6, 6.07) is 2.89. The zero-order valence-electron chi connectivity index (χ0n) is 16.6. The maximum absolute atomic E-state index is 13.0. The zero-order valence-corrected chi connectivity index (χ0v) is 18.2. The van der Waals surface area contributed by atoms with E-state index in [1.54, 1.807) is 17.5 Å². The Morgan fingerprint density at radius 2 is 1.90 bits per heavy atom.